The summed E-state index contributed by atoms with van der Waals surface area (Å²) >= 11 is 0. The van der Waals surface area contributed by atoms with Gasteiger partial charge in [0.25, 0.3) is 0 Å². The molecule has 1 aliphatic heterocycles. The number of nitrogens with one attached hydrogen (secondary N) is 3. The molecule has 1 heterocycles. The van der Waals surface area contributed by atoms with Gasteiger partial charge in [0.15, 0.2) is 5.96 Å². The SMILES string of the molecule is CCOc1cc2c(cc1CNC(=NC)NCc1ccc(NC(=O)OC)cc1)OC(C)C2.I. The number of carbonyl (C=O) groups excluding carboxylic acids is 1. The molecular formula is C23H31IN4O4. The van der Waals surface area contributed by atoms with Gasteiger partial charge in [-0.25, -0.2) is 4.79 Å². The van der Waals surface area contributed by atoms with Crippen LogP contribution in [0.3, 0.4) is 0 Å². The molecule has 0 saturated heterocycles. The minimum atomic E-state index is -0.492. The van der Waals surface area contributed by atoms with E-state index >= 15 is 0 Å². The smallest absolute Gasteiger partial charge is 0.411 e. The summed E-state index contributed by atoms with van der Waals surface area (Å²) in [6.07, 6.45) is 0.602. The third kappa shape index (κ3) is 6.91. The predicted octanol–water partition coefficient (Wildman–Crippen LogP) is 4.07. The zero-order valence-electron chi connectivity index (χ0n) is 18.9. The summed E-state index contributed by atoms with van der Waals surface area (Å²) in [5.41, 5.74) is 3.94. The van der Waals surface area contributed by atoms with Crippen LogP contribution >= 0.6 is 24.0 Å². The summed E-state index contributed by atoms with van der Waals surface area (Å²) < 4.78 is 16.3. The van der Waals surface area contributed by atoms with Crippen LogP contribution < -0.4 is 25.4 Å². The number of hydrogen-bond donors (Lipinski definition) is 3. The van der Waals surface area contributed by atoms with E-state index in [1.807, 2.05) is 31.2 Å². The number of nitrogens with zero attached hydrogens (tertiary/aromatic N) is 1. The molecule has 2 aromatic carbocycles. The van der Waals surface area contributed by atoms with Gasteiger partial charge < -0.3 is 24.8 Å². The zero-order valence-corrected chi connectivity index (χ0v) is 21.2. The van der Waals surface area contributed by atoms with Crippen LogP contribution in [0.1, 0.15) is 30.5 Å². The molecule has 0 fully saturated rings. The Labute approximate surface area is 206 Å². The first-order valence-electron chi connectivity index (χ1n) is 10.4. The maximum atomic E-state index is 11.3. The Morgan fingerprint density at radius 1 is 1.19 bits per heavy atom. The third-order valence-corrected chi connectivity index (χ3v) is 4.89. The summed E-state index contributed by atoms with van der Waals surface area (Å²) in [6, 6.07) is 11.6. The third-order valence-electron chi connectivity index (χ3n) is 4.89. The standard InChI is InChI=1S/C23H30N4O4.HI/c1-5-30-20-11-17-10-15(2)31-21(17)12-18(20)14-26-22(24-3)25-13-16-6-8-19(9-7-16)27-23(28)29-4;/h6-9,11-12,15H,5,10,13-14H2,1-4H3,(H,27,28)(H2,24,25,26);1H. The number of fused-ring (bicyclic) bond motifs is 1. The minimum absolute atomic E-state index is 0. The second-order valence-corrected chi connectivity index (χ2v) is 7.23. The molecule has 8 nitrogen and oxygen atoms in total. The van der Waals surface area contributed by atoms with Gasteiger partial charge in [-0.3, -0.25) is 10.3 Å². The highest BCUT2D eigenvalue weighted by molar-refractivity contribution is 14.0. The largest absolute Gasteiger partial charge is 0.494 e. The van der Waals surface area contributed by atoms with Crippen molar-refractivity contribution in [2.24, 2.45) is 4.99 Å². The highest BCUT2D eigenvalue weighted by Crippen LogP contribution is 2.35. The van der Waals surface area contributed by atoms with Gasteiger partial charge in [0, 0.05) is 43.4 Å². The van der Waals surface area contributed by atoms with E-state index in [1.165, 1.54) is 12.7 Å². The molecular weight excluding hydrogens is 523 g/mol. The second-order valence-electron chi connectivity index (χ2n) is 7.23. The first-order valence-corrected chi connectivity index (χ1v) is 10.4. The van der Waals surface area contributed by atoms with Gasteiger partial charge in [-0.15, -0.1) is 24.0 Å². The van der Waals surface area contributed by atoms with Gasteiger partial charge in [0.1, 0.15) is 17.6 Å². The van der Waals surface area contributed by atoms with Crippen molar-refractivity contribution in [3.63, 3.8) is 0 Å². The molecule has 1 unspecified atom stereocenters. The molecule has 9 heteroatoms. The van der Waals surface area contributed by atoms with Crippen molar-refractivity contribution in [3.8, 4) is 11.5 Å². The van der Waals surface area contributed by atoms with E-state index in [4.69, 9.17) is 9.47 Å². The number of ether oxygens (including phenoxy) is 3. The Balaban J connectivity index is 0.00000363. The lowest BCUT2D eigenvalue weighted by Crippen LogP contribution is -2.36. The van der Waals surface area contributed by atoms with Crippen LogP contribution in [-0.2, 0) is 24.2 Å². The highest BCUT2D eigenvalue weighted by Gasteiger charge is 2.21. The van der Waals surface area contributed by atoms with Crippen LogP contribution in [-0.4, -0.2) is 38.9 Å². The molecule has 0 bridgehead atoms. The second kappa shape index (κ2) is 12.4. The van der Waals surface area contributed by atoms with Crippen molar-refractivity contribution >= 4 is 41.7 Å². The van der Waals surface area contributed by atoms with Gasteiger partial charge in [0.05, 0.1) is 13.7 Å². The highest BCUT2D eigenvalue weighted by atomic mass is 127. The average molecular weight is 554 g/mol. The molecule has 3 rings (SSSR count). The van der Waals surface area contributed by atoms with Crippen LogP contribution in [0.2, 0.25) is 0 Å². The lowest BCUT2D eigenvalue weighted by Gasteiger charge is -2.16. The fourth-order valence-electron chi connectivity index (χ4n) is 3.37. The maximum absolute atomic E-state index is 11.3. The topological polar surface area (TPSA) is 93.2 Å². The van der Waals surface area contributed by atoms with E-state index in [9.17, 15) is 4.79 Å². The lowest BCUT2D eigenvalue weighted by molar-refractivity contribution is 0.187. The van der Waals surface area contributed by atoms with Crippen LogP contribution in [0.25, 0.3) is 0 Å². The molecule has 0 saturated carbocycles. The normalized spacial score (nSPS) is 14.5. The van der Waals surface area contributed by atoms with Crippen molar-refractivity contribution in [2.45, 2.75) is 39.5 Å². The van der Waals surface area contributed by atoms with Crippen molar-refractivity contribution in [2.75, 3.05) is 26.1 Å². The van der Waals surface area contributed by atoms with E-state index in [0.717, 1.165) is 29.0 Å². The molecule has 2 aromatic rings. The monoisotopic (exact) mass is 554 g/mol. The number of methoxy groups -OCH3 is 1. The summed E-state index contributed by atoms with van der Waals surface area (Å²) in [5.74, 6) is 2.47. The van der Waals surface area contributed by atoms with Crippen molar-refractivity contribution in [1.29, 1.82) is 0 Å². The number of benzene rings is 2. The number of aliphatic imine (C=N–C) groups is 1. The molecule has 0 radical (unpaired) electrons. The van der Waals surface area contributed by atoms with Crippen molar-refractivity contribution in [3.05, 3.63) is 53.1 Å². The molecule has 0 aromatic heterocycles. The number of carbonyl (C=O) groups is 1. The number of rotatable bonds is 7. The Hall–Kier alpha value is -2.69. The number of hydrogen-bond acceptors (Lipinski definition) is 5. The molecule has 0 spiro atoms. The number of guanidine groups is 1. The van der Waals surface area contributed by atoms with E-state index in [1.54, 1.807) is 7.05 Å². The molecule has 1 aliphatic rings. The van der Waals surface area contributed by atoms with E-state index < -0.39 is 6.09 Å². The van der Waals surface area contributed by atoms with Gasteiger partial charge in [-0.1, -0.05) is 12.1 Å². The van der Waals surface area contributed by atoms with Gasteiger partial charge in [-0.2, -0.15) is 0 Å². The van der Waals surface area contributed by atoms with Crippen molar-refractivity contribution in [1.82, 2.24) is 10.6 Å². The van der Waals surface area contributed by atoms with E-state index in [-0.39, 0.29) is 30.1 Å². The molecule has 0 aliphatic carbocycles. The molecule has 3 N–H and O–H groups in total. The Morgan fingerprint density at radius 2 is 1.91 bits per heavy atom. The Kier molecular flexibility index (Phi) is 9.89. The maximum Gasteiger partial charge on any atom is 0.411 e. The van der Waals surface area contributed by atoms with Crippen LogP contribution in [0, 0.1) is 0 Å². The fourth-order valence-corrected chi connectivity index (χ4v) is 3.37. The summed E-state index contributed by atoms with van der Waals surface area (Å²) in [5, 5.41) is 9.25. The first kappa shape index (κ1) is 25.6. The number of amides is 1. The van der Waals surface area contributed by atoms with Gasteiger partial charge in [0.2, 0.25) is 0 Å². The van der Waals surface area contributed by atoms with Gasteiger partial charge >= 0.3 is 6.09 Å². The van der Waals surface area contributed by atoms with E-state index in [2.05, 4.69) is 44.7 Å². The van der Waals surface area contributed by atoms with Crippen LogP contribution in [0.4, 0.5) is 10.5 Å². The number of anilines is 1. The van der Waals surface area contributed by atoms with Gasteiger partial charge in [-0.05, 0) is 43.7 Å². The Morgan fingerprint density at radius 3 is 2.56 bits per heavy atom. The molecule has 174 valence electrons. The summed E-state index contributed by atoms with van der Waals surface area (Å²) in [6.45, 7) is 5.80. The van der Waals surface area contributed by atoms with E-state index in [0.29, 0.717) is 31.3 Å². The average Bonchev–Trinajstić information content (AvgIpc) is 3.13. The molecule has 1 amide bonds. The van der Waals surface area contributed by atoms with Crippen LogP contribution in [0.15, 0.2) is 41.4 Å². The quantitative estimate of drug-likeness (QED) is 0.272. The van der Waals surface area contributed by atoms with Crippen LogP contribution in [0.5, 0.6) is 11.5 Å². The number of halogens is 1. The first-order chi connectivity index (χ1) is 15.0. The summed E-state index contributed by atoms with van der Waals surface area (Å²) in [4.78, 5) is 15.6. The Bertz CT molecular complexity index is 934. The fraction of sp³-hybridized carbons (Fsp3) is 0.391. The molecule has 32 heavy (non-hydrogen) atoms. The minimum Gasteiger partial charge on any atom is -0.494 e. The predicted molar refractivity (Wildman–Crippen MR) is 136 cm³/mol. The zero-order chi connectivity index (χ0) is 22.2. The lowest BCUT2D eigenvalue weighted by atomic mass is 10.1. The van der Waals surface area contributed by atoms with Crippen molar-refractivity contribution < 1.29 is 19.0 Å². The molecule has 1 atom stereocenters. The summed E-state index contributed by atoms with van der Waals surface area (Å²) in [7, 11) is 3.07.